The van der Waals surface area contributed by atoms with Crippen molar-refractivity contribution in [3.63, 3.8) is 0 Å². The van der Waals surface area contributed by atoms with Crippen LogP contribution in [0, 0.1) is 11.8 Å². The highest BCUT2D eigenvalue weighted by Gasteiger charge is 2.16. The first-order valence-corrected chi connectivity index (χ1v) is 14.0. The van der Waals surface area contributed by atoms with Gasteiger partial charge in [0.15, 0.2) is 0 Å². The van der Waals surface area contributed by atoms with Crippen molar-refractivity contribution in [1.29, 1.82) is 0 Å². The molecule has 3 aromatic carbocycles. The molecule has 0 saturated carbocycles. The Hall–Kier alpha value is -3.64. The van der Waals surface area contributed by atoms with Crippen LogP contribution < -0.4 is 20.2 Å². The Morgan fingerprint density at radius 3 is 1.87 bits per heavy atom. The Labute approximate surface area is 232 Å². The van der Waals surface area contributed by atoms with Gasteiger partial charge in [-0.15, -0.1) is 0 Å². The smallest absolute Gasteiger partial charge is 0.377 e. The lowest BCUT2D eigenvalue weighted by Crippen LogP contribution is -2.10. The van der Waals surface area contributed by atoms with Crippen molar-refractivity contribution >= 4 is 46.5 Å². The molecular formula is C29H28N2O6S2. The summed E-state index contributed by atoms with van der Waals surface area (Å²) in [5, 5.41) is 0. The van der Waals surface area contributed by atoms with E-state index in [0.717, 1.165) is 27.8 Å². The molecule has 202 valence electrons. The molecule has 0 bridgehead atoms. The van der Waals surface area contributed by atoms with E-state index in [4.69, 9.17) is 20.2 Å². The molecule has 1 aliphatic carbocycles. The van der Waals surface area contributed by atoms with E-state index in [1.807, 2.05) is 54.6 Å². The zero-order chi connectivity index (χ0) is 27.6. The lowest BCUT2D eigenvalue weighted by Gasteiger charge is -2.20. The maximum atomic E-state index is 11.5. The highest BCUT2D eigenvalue weighted by atomic mass is 32.2. The maximum Gasteiger partial charge on any atom is 0.377 e. The highest BCUT2D eigenvalue weighted by Crippen LogP contribution is 2.31. The third-order valence-corrected chi connectivity index (χ3v) is 7.00. The first-order valence-electron chi connectivity index (χ1n) is 12.0. The van der Waals surface area contributed by atoms with Crippen LogP contribution in [0.25, 0.3) is 23.8 Å². The van der Waals surface area contributed by atoms with Gasteiger partial charge in [0.1, 0.15) is 11.5 Å². The maximum absolute atomic E-state index is 11.5. The summed E-state index contributed by atoms with van der Waals surface area (Å²) in [6, 6.07) is 22.6. The number of nitrogens with two attached hydrogens (primary N) is 2. The third-order valence-electron chi connectivity index (χ3n) is 6.06. The molecule has 4 rings (SSSR count). The zero-order valence-electron chi connectivity index (χ0n) is 21.0. The molecule has 1 aliphatic rings. The minimum absolute atomic E-state index is 0.182. The molecule has 0 aromatic heterocycles. The molecule has 0 heterocycles. The van der Waals surface area contributed by atoms with Crippen molar-refractivity contribution in [2.75, 3.05) is 0 Å². The van der Waals surface area contributed by atoms with Gasteiger partial charge in [0.25, 0.3) is 0 Å². The summed E-state index contributed by atoms with van der Waals surface area (Å²) in [5.74, 6) is 11.1. The van der Waals surface area contributed by atoms with E-state index < -0.39 is 22.7 Å². The largest absolute Gasteiger partial charge is 0.378 e. The van der Waals surface area contributed by atoms with E-state index in [-0.39, 0.29) is 11.8 Å². The van der Waals surface area contributed by atoms with Crippen LogP contribution >= 0.6 is 0 Å². The standard InChI is InChI=1S/C29H28N2O6S2/c1-21-20-27(19-17-23(21)16-18-26-7-3-5-9-29(26)35-39(33)37-31)24-13-10-22(11-14-24)12-15-25-6-2-4-8-28(25)34-38(32)36-30/h2-21,23H,30-31H2,1H3/b15-12+,18-16+. The van der Waals surface area contributed by atoms with Gasteiger partial charge in [0.2, 0.25) is 0 Å². The lowest BCUT2D eigenvalue weighted by molar-refractivity contribution is 0.323. The van der Waals surface area contributed by atoms with Gasteiger partial charge in [-0.1, -0.05) is 110 Å². The third kappa shape index (κ3) is 7.93. The monoisotopic (exact) mass is 564 g/mol. The van der Waals surface area contributed by atoms with Crippen LogP contribution in [0.15, 0.2) is 97.1 Å². The van der Waals surface area contributed by atoms with Crippen LogP contribution in [0.3, 0.4) is 0 Å². The summed E-state index contributed by atoms with van der Waals surface area (Å²) in [6.45, 7) is 2.16. The molecule has 0 fully saturated rings. The molecule has 39 heavy (non-hydrogen) atoms. The van der Waals surface area contributed by atoms with Crippen molar-refractivity contribution in [3.05, 3.63) is 119 Å². The van der Waals surface area contributed by atoms with E-state index in [2.05, 4.69) is 51.9 Å². The molecule has 10 heteroatoms. The normalized spacial score (nSPS) is 18.7. The van der Waals surface area contributed by atoms with E-state index in [1.54, 1.807) is 24.3 Å². The van der Waals surface area contributed by atoms with Crippen molar-refractivity contribution in [2.24, 2.45) is 23.6 Å². The molecule has 0 saturated heterocycles. The second-order valence-corrected chi connectivity index (χ2v) is 10.1. The van der Waals surface area contributed by atoms with Crippen molar-refractivity contribution in [3.8, 4) is 11.5 Å². The van der Waals surface area contributed by atoms with Crippen LogP contribution in [0.1, 0.15) is 29.2 Å². The summed E-state index contributed by atoms with van der Waals surface area (Å²) >= 11 is -4.12. The van der Waals surface area contributed by atoms with Crippen LogP contribution in [0.2, 0.25) is 0 Å². The molecule has 0 aliphatic heterocycles. The van der Waals surface area contributed by atoms with Gasteiger partial charge in [-0.25, -0.2) is 0 Å². The van der Waals surface area contributed by atoms with Crippen LogP contribution in [0.4, 0.5) is 0 Å². The minimum atomic E-state index is -2.06. The van der Waals surface area contributed by atoms with Crippen molar-refractivity contribution in [1.82, 2.24) is 0 Å². The molecule has 4 atom stereocenters. The first-order chi connectivity index (χ1) is 19.0. The summed E-state index contributed by atoms with van der Waals surface area (Å²) < 4.78 is 41.8. The van der Waals surface area contributed by atoms with E-state index in [0.29, 0.717) is 11.5 Å². The van der Waals surface area contributed by atoms with Gasteiger partial charge in [-0.3, -0.25) is 0 Å². The predicted molar refractivity (Wildman–Crippen MR) is 155 cm³/mol. The summed E-state index contributed by atoms with van der Waals surface area (Å²) in [5.41, 5.74) is 4.77. The topological polar surface area (TPSA) is 123 Å². The Kier molecular flexibility index (Phi) is 10.1. The number of rotatable bonds is 11. The van der Waals surface area contributed by atoms with E-state index in [1.165, 1.54) is 0 Å². The molecule has 0 amide bonds. The van der Waals surface area contributed by atoms with Crippen LogP contribution in [0.5, 0.6) is 11.5 Å². The highest BCUT2D eigenvalue weighted by molar-refractivity contribution is 7.75. The lowest BCUT2D eigenvalue weighted by atomic mass is 9.84. The molecule has 8 nitrogen and oxygen atoms in total. The van der Waals surface area contributed by atoms with Crippen LogP contribution in [-0.2, 0) is 31.3 Å². The Morgan fingerprint density at radius 1 is 0.744 bits per heavy atom. The Balaban J connectivity index is 1.42. The molecular weight excluding hydrogens is 536 g/mol. The van der Waals surface area contributed by atoms with Gasteiger partial charge >= 0.3 is 22.7 Å². The SMILES string of the molecule is CC1C=C(c2ccc(/C=C/c3ccccc3OS(=O)ON)cc2)C=CC1/C=C/c1ccccc1OS(=O)ON. The first kappa shape index (κ1) is 28.4. The van der Waals surface area contributed by atoms with Crippen molar-refractivity contribution < 1.29 is 25.4 Å². The van der Waals surface area contributed by atoms with Gasteiger partial charge in [-0.05, 0) is 34.8 Å². The average Bonchev–Trinajstić information content (AvgIpc) is 2.97. The predicted octanol–water partition coefficient (Wildman–Crippen LogP) is 5.47. The second-order valence-electron chi connectivity index (χ2n) is 8.58. The van der Waals surface area contributed by atoms with Gasteiger partial charge in [0.05, 0.1) is 0 Å². The number of hydrogen-bond acceptors (Lipinski definition) is 8. The average molecular weight is 565 g/mol. The van der Waals surface area contributed by atoms with E-state index in [9.17, 15) is 8.42 Å². The number of benzene rings is 3. The molecule has 4 unspecified atom stereocenters. The second kappa shape index (κ2) is 13.9. The van der Waals surface area contributed by atoms with Gasteiger partial charge in [-0.2, -0.15) is 28.8 Å². The fraction of sp³-hybridized carbons (Fsp3) is 0.103. The summed E-state index contributed by atoms with van der Waals surface area (Å²) in [6.07, 6.45) is 14.4. The number of hydrogen-bond donors (Lipinski definition) is 2. The summed E-state index contributed by atoms with van der Waals surface area (Å²) in [7, 11) is 0. The van der Waals surface area contributed by atoms with E-state index >= 15 is 0 Å². The Morgan fingerprint density at radius 2 is 1.31 bits per heavy atom. The summed E-state index contributed by atoms with van der Waals surface area (Å²) in [4.78, 5) is 0. The molecule has 0 radical (unpaired) electrons. The van der Waals surface area contributed by atoms with Gasteiger partial charge in [0, 0.05) is 17.0 Å². The molecule has 4 N–H and O–H groups in total. The minimum Gasteiger partial charge on any atom is -0.378 e. The fourth-order valence-electron chi connectivity index (χ4n) is 4.03. The fourth-order valence-corrected chi connectivity index (χ4v) is 4.71. The quantitative estimate of drug-likeness (QED) is 0.232. The van der Waals surface area contributed by atoms with Gasteiger partial charge < -0.3 is 8.37 Å². The van der Waals surface area contributed by atoms with Crippen LogP contribution in [-0.4, -0.2) is 8.42 Å². The number of allylic oxidation sites excluding steroid dienone is 5. The Bertz CT molecular complexity index is 1450. The zero-order valence-corrected chi connectivity index (χ0v) is 22.7. The molecule has 0 spiro atoms. The van der Waals surface area contributed by atoms with Crippen molar-refractivity contribution in [2.45, 2.75) is 6.92 Å². The number of para-hydroxylation sites is 2. The molecule has 3 aromatic rings.